The summed E-state index contributed by atoms with van der Waals surface area (Å²) in [4.78, 5) is 4.58. The summed E-state index contributed by atoms with van der Waals surface area (Å²) < 4.78 is 163. The Bertz CT molecular complexity index is 7130. The molecule has 3 aliphatic heterocycles. The smallest absolute Gasteiger partial charge is 0.252 e. The van der Waals surface area contributed by atoms with Crippen molar-refractivity contribution in [2.24, 2.45) is 0 Å². The van der Waals surface area contributed by atoms with Crippen LogP contribution in [-0.4, -0.2) is 15.8 Å². The molecule has 0 aliphatic carbocycles. The first kappa shape index (κ1) is 54.1. The van der Waals surface area contributed by atoms with Crippen molar-refractivity contribution in [2.45, 2.75) is 110 Å². The van der Waals surface area contributed by atoms with Crippen LogP contribution in [0.2, 0.25) is 0 Å². The Morgan fingerprint density at radius 1 is 0.301 bits per heavy atom. The van der Waals surface area contributed by atoms with Gasteiger partial charge < -0.3 is 23.7 Å². The molecule has 0 fully saturated rings. The molecule has 0 radical (unpaired) electrons. The van der Waals surface area contributed by atoms with Crippen molar-refractivity contribution in [3.8, 4) is 56.3 Å². The molecule has 0 saturated carbocycles. The highest BCUT2D eigenvalue weighted by Crippen LogP contribution is 2.58. The fourth-order valence-corrected chi connectivity index (χ4v) is 17.8. The Kier molecular flexibility index (Phi) is 12.3. The third-order valence-corrected chi connectivity index (χ3v) is 23.5. The first-order valence-corrected chi connectivity index (χ1v) is 38.8. The lowest BCUT2D eigenvalue weighted by Crippen LogP contribution is -2.61. The molecule has 2 aromatic heterocycles. The van der Waals surface area contributed by atoms with E-state index in [1.165, 1.54) is 0 Å². The van der Waals surface area contributed by atoms with Crippen molar-refractivity contribution < 1.29 is 26.7 Å². The minimum absolute atomic E-state index is 0.0579. The standard InChI is InChI=1S/C107H91BN4O/c1-103(2,3)74-57-70(58-75(64-74)104(4,5)6)80-37-19-26-44-90(80)111-96-66-78(109-92-46-28-21-39-82(92)83-40-22-29-47-93(83)109)52-55-88(96)108-89-56-53-79(110-94-48-30-23-41-84(94)85-42-24-31-49-95(85)110)67-97(89)112(91-45-27-20-38-81(91)71-59-76(105(7,8)9)65-77(60-71)106(10,11)12)99-62-69(61-98(111)102(99)108)68-51-54-87-101(63-68)113-100-50-32-25-43-86(100)107(87,72-33-15-13-16-34-72)73-35-17-14-18-36-73/h13-67H,1-12H3/i21D,22D,23D,24D,28D,29D,30D,31D,39D,40D,41D,42D,46D,47D,48D,49D. The predicted molar refractivity (Wildman–Crippen MR) is 479 cm³/mol. The molecule has 113 heavy (non-hydrogen) atoms. The SMILES string of the molecule is [2H]c1c([2H])c([2H])c2c(c1[2H])c1c([2H])c([2H])c([2H])c([2H])c1n2-c1ccc2c(c1)N(c1ccccc1-c1cc(C(C)(C)C)cc(C(C)(C)C)c1)c1cc(-c3ccc4c(c3)Oc3ccccc3C4(c3ccccc3)c3ccccc3)cc3c1B2c1ccc(-n2c4c([2H])c([2H])c([2H])c([2H])c4c4c([2H])c([2H])c([2H])c([2H])c42)cc1N3c1ccccc1-c1cc(C(C)(C)C)cc(C(C)(C)C)c1. The molecule has 0 unspecified atom stereocenters. The normalized spacial score (nSPS) is 15.7. The van der Waals surface area contributed by atoms with E-state index in [0.29, 0.717) is 45.6 Å². The molecule has 20 rings (SSSR count). The van der Waals surface area contributed by atoms with E-state index in [-0.39, 0.29) is 65.3 Å². The van der Waals surface area contributed by atoms with Crippen LogP contribution < -0.4 is 30.9 Å². The maximum Gasteiger partial charge on any atom is 0.252 e. The zero-order valence-electron chi connectivity index (χ0n) is 81.3. The predicted octanol–water partition coefficient (Wildman–Crippen LogP) is 26.6. The van der Waals surface area contributed by atoms with Gasteiger partial charge in [0.15, 0.2) is 0 Å². The fourth-order valence-electron chi connectivity index (χ4n) is 17.8. The van der Waals surface area contributed by atoms with Gasteiger partial charge in [0.05, 0.1) is 60.8 Å². The lowest BCUT2D eigenvalue weighted by molar-refractivity contribution is 0.434. The second-order valence-electron chi connectivity index (χ2n) is 34.5. The molecule has 548 valence electrons. The van der Waals surface area contributed by atoms with Gasteiger partial charge in [-0.05, 0) is 179 Å². The second kappa shape index (κ2) is 25.7. The van der Waals surface area contributed by atoms with Gasteiger partial charge in [-0.3, -0.25) is 0 Å². The van der Waals surface area contributed by atoms with E-state index in [1.807, 2.05) is 84.9 Å². The Balaban J connectivity index is 0.980. The van der Waals surface area contributed by atoms with Gasteiger partial charge in [-0.25, -0.2) is 0 Å². The van der Waals surface area contributed by atoms with Crippen LogP contribution in [0.1, 0.15) is 150 Å². The summed E-state index contributed by atoms with van der Waals surface area (Å²) in [5, 5.41) is -0.316. The Morgan fingerprint density at radius 2 is 0.673 bits per heavy atom. The average Bonchev–Trinajstić information content (AvgIpc) is 1.69. The lowest BCUT2D eigenvalue weighted by Gasteiger charge is -2.45. The van der Waals surface area contributed by atoms with E-state index >= 15 is 0 Å². The average molecular weight is 1480 g/mol. The van der Waals surface area contributed by atoms with E-state index in [1.54, 1.807) is 9.13 Å². The van der Waals surface area contributed by atoms with Gasteiger partial charge in [0, 0.05) is 77.9 Å². The van der Waals surface area contributed by atoms with Crippen molar-refractivity contribution in [2.75, 3.05) is 9.80 Å². The van der Waals surface area contributed by atoms with Gasteiger partial charge in [-0.15, -0.1) is 0 Å². The number of aromatic nitrogens is 2. The minimum Gasteiger partial charge on any atom is -0.457 e. The summed E-state index contributed by atoms with van der Waals surface area (Å²) in [6.45, 7) is 25.8. The number of nitrogens with zero attached hydrogens (tertiary/aromatic N) is 4. The molecule has 5 heterocycles. The number of fused-ring (bicyclic) bond motifs is 12. The van der Waals surface area contributed by atoms with Gasteiger partial charge in [0.2, 0.25) is 0 Å². The molecule has 3 aliphatic rings. The molecular formula is C107H91BN4O. The zero-order chi connectivity index (χ0) is 91.1. The highest BCUT2D eigenvalue weighted by atomic mass is 16.5. The number of ether oxygens (including phenoxy) is 1. The highest BCUT2D eigenvalue weighted by molar-refractivity contribution is 7.00. The minimum atomic E-state index is -0.905. The summed E-state index contributed by atoms with van der Waals surface area (Å²) in [5.74, 6) is 1.27. The molecule has 17 aromatic rings. The van der Waals surface area contributed by atoms with E-state index in [4.69, 9.17) is 10.2 Å². The number of hydrogen-bond acceptors (Lipinski definition) is 3. The van der Waals surface area contributed by atoms with Crippen molar-refractivity contribution in [3.63, 3.8) is 0 Å². The van der Waals surface area contributed by atoms with E-state index < -0.39 is 109 Å². The van der Waals surface area contributed by atoms with Gasteiger partial charge in [-0.1, -0.05) is 332 Å². The third-order valence-electron chi connectivity index (χ3n) is 23.5. The molecule has 0 N–H and O–H groups in total. The van der Waals surface area contributed by atoms with E-state index in [2.05, 4.69) is 245 Å². The Labute approximate surface area is 687 Å². The fraction of sp³-hybridized carbons (Fsp3) is 0.159. The molecule has 0 amide bonds. The first-order chi connectivity index (χ1) is 61.2. The number of anilines is 6. The maximum atomic E-state index is 9.93. The number of rotatable bonds is 9. The lowest BCUT2D eigenvalue weighted by atomic mass is 9.33. The number of hydrogen-bond donors (Lipinski definition) is 0. The second-order valence-corrected chi connectivity index (χ2v) is 34.5. The van der Waals surface area contributed by atoms with Gasteiger partial charge in [0.25, 0.3) is 6.71 Å². The monoisotopic (exact) mass is 1470 g/mol. The summed E-state index contributed by atoms with van der Waals surface area (Å²) >= 11 is 0. The zero-order valence-corrected chi connectivity index (χ0v) is 65.3. The summed E-state index contributed by atoms with van der Waals surface area (Å²) in [5.41, 5.74) is 17.8. The van der Waals surface area contributed by atoms with Crippen LogP contribution in [-0.2, 0) is 27.1 Å². The van der Waals surface area contributed by atoms with Crippen LogP contribution in [0.3, 0.4) is 0 Å². The van der Waals surface area contributed by atoms with Crippen LogP contribution in [0.25, 0.3) is 88.4 Å². The van der Waals surface area contributed by atoms with Gasteiger partial charge in [0.1, 0.15) is 11.5 Å². The number of benzene rings is 15. The van der Waals surface area contributed by atoms with E-state index in [9.17, 15) is 16.4 Å². The molecule has 0 atom stereocenters. The van der Waals surface area contributed by atoms with Crippen molar-refractivity contribution >= 4 is 101 Å². The number of para-hydroxylation sites is 7. The van der Waals surface area contributed by atoms with Crippen LogP contribution >= 0.6 is 0 Å². The quantitative estimate of drug-likeness (QED) is 0.135. The van der Waals surface area contributed by atoms with Crippen molar-refractivity contribution in [1.82, 2.24) is 9.13 Å². The van der Waals surface area contributed by atoms with Gasteiger partial charge >= 0.3 is 0 Å². The molecule has 15 aromatic carbocycles. The molecular weight excluding hydrogens is 1370 g/mol. The first-order valence-electron chi connectivity index (χ1n) is 46.8. The summed E-state index contributed by atoms with van der Waals surface area (Å²) in [7, 11) is 0. The molecule has 6 heteroatoms. The summed E-state index contributed by atoms with van der Waals surface area (Å²) in [6, 6.07) is 74.0. The van der Waals surface area contributed by atoms with Crippen LogP contribution in [0.4, 0.5) is 34.1 Å². The van der Waals surface area contributed by atoms with Crippen molar-refractivity contribution in [3.05, 3.63) is 378 Å². The van der Waals surface area contributed by atoms with Crippen LogP contribution in [0, 0.1) is 0 Å². The van der Waals surface area contributed by atoms with E-state index in [0.717, 1.165) is 106 Å². The van der Waals surface area contributed by atoms with Crippen LogP contribution in [0.15, 0.2) is 333 Å². The topological polar surface area (TPSA) is 25.6 Å². The van der Waals surface area contributed by atoms with Crippen molar-refractivity contribution in [1.29, 1.82) is 0 Å². The van der Waals surface area contributed by atoms with Crippen LogP contribution in [0.5, 0.6) is 11.5 Å². The Morgan fingerprint density at radius 3 is 1.09 bits per heavy atom. The van der Waals surface area contributed by atoms with Gasteiger partial charge in [-0.2, -0.15) is 0 Å². The molecule has 0 saturated heterocycles. The summed E-state index contributed by atoms with van der Waals surface area (Å²) in [6.07, 6.45) is 0. The molecule has 0 bridgehead atoms. The molecule has 0 spiro atoms. The molecule has 5 nitrogen and oxygen atoms in total. The highest BCUT2D eigenvalue weighted by Gasteiger charge is 2.48. The maximum absolute atomic E-state index is 9.93. The largest absolute Gasteiger partial charge is 0.457 e. The Hall–Kier alpha value is -12.6. The third kappa shape index (κ3) is 11.1.